The van der Waals surface area contributed by atoms with Gasteiger partial charge in [-0.1, -0.05) is 11.6 Å². The molecule has 1 aromatic carbocycles. The van der Waals surface area contributed by atoms with E-state index < -0.39 is 0 Å². The van der Waals surface area contributed by atoms with Crippen LogP contribution in [0.15, 0.2) is 18.2 Å². The maximum atomic E-state index is 6.04. The van der Waals surface area contributed by atoms with Crippen molar-refractivity contribution in [1.82, 2.24) is 5.32 Å². The van der Waals surface area contributed by atoms with Gasteiger partial charge in [-0.2, -0.15) is 0 Å². The molecule has 1 aliphatic carbocycles. The largest absolute Gasteiger partial charge is 0.490 e. The summed E-state index contributed by atoms with van der Waals surface area (Å²) in [6.45, 7) is 0. The van der Waals surface area contributed by atoms with Gasteiger partial charge in [0, 0.05) is 23.0 Å². The smallest absolute Gasteiger partial charge is 0.124 e. The monoisotopic (exact) mass is 237 g/mol. The van der Waals surface area contributed by atoms with E-state index in [9.17, 15) is 0 Å². The van der Waals surface area contributed by atoms with Crippen LogP contribution in [0.1, 0.15) is 30.9 Å². The Morgan fingerprint density at radius 3 is 2.88 bits per heavy atom. The maximum absolute atomic E-state index is 6.04. The predicted molar refractivity (Wildman–Crippen MR) is 65.0 cm³/mol. The van der Waals surface area contributed by atoms with Gasteiger partial charge in [-0.3, -0.25) is 0 Å². The van der Waals surface area contributed by atoms with Crippen LogP contribution in [0.4, 0.5) is 0 Å². The number of ether oxygens (including phenoxy) is 1. The first kappa shape index (κ1) is 10.4. The molecule has 2 aliphatic rings. The number of nitrogens with one attached hydrogen (secondary N) is 1. The lowest BCUT2D eigenvalue weighted by Crippen LogP contribution is -2.32. The average molecular weight is 238 g/mol. The Kier molecular flexibility index (Phi) is 2.56. The van der Waals surface area contributed by atoms with Gasteiger partial charge >= 0.3 is 0 Å². The predicted octanol–water partition coefficient (Wildman–Crippen LogP) is 3.16. The summed E-state index contributed by atoms with van der Waals surface area (Å²) in [6, 6.07) is 6.30. The third-order valence-electron chi connectivity index (χ3n) is 3.59. The molecule has 16 heavy (non-hydrogen) atoms. The van der Waals surface area contributed by atoms with E-state index in [1.165, 1.54) is 18.4 Å². The van der Waals surface area contributed by atoms with E-state index in [2.05, 4.69) is 5.32 Å². The van der Waals surface area contributed by atoms with Gasteiger partial charge in [0.25, 0.3) is 0 Å². The number of fused-ring (bicyclic) bond motifs is 1. The summed E-state index contributed by atoms with van der Waals surface area (Å²) in [7, 11) is 2.00. The summed E-state index contributed by atoms with van der Waals surface area (Å²) < 4.78 is 6.04. The standard InChI is InChI=1S/C13H16ClNO/c1-15-11-7-13(8-2-3-8)16-12-5-4-9(14)6-10(11)12/h4-6,8,11,13,15H,2-3,7H2,1H3. The minimum Gasteiger partial charge on any atom is -0.490 e. The normalized spacial score (nSPS) is 28.4. The minimum absolute atomic E-state index is 0.382. The van der Waals surface area contributed by atoms with Gasteiger partial charge in [-0.25, -0.2) is 0 Å². The molecule has 1 N–H and O–H groups in total. The maximum Gasteiger partial charge on any atom is 0.124 e. The van der Waals surface area contributed by atoms with Crippen LogP contribution in [0.2, 0.25) is 5.02 Å². The topological polar surface area (TPSA) is 21.3 Å². The molecule has 0 amide bonds. The Bertz CT molecular complexity index is 403. The van der Waals surface area contributed by atoms with Crippen LogP contribution in [0.3, 0.4) is 0 Å². The second kappa shape index (κ2) is 3.94. The molecule has 0 saturated heterocycles. The van der Waals surface area contributed by atoms with Gasteiger partial charge in [0.2, 0.25) is 0 Å². The molecule has 0 spiro atoms. The van der Waals surface area contributed by atoms with E-state index in [1.807, 2.05) is 25.2 Å². The van der Waals surface area contributed by atoms with E-state index in [4.69, 9.17) is 16.3 Å². The number of rotatable bonds is 2. The van der Waals surface area contributed by atoms with Crippen molar-refractivity contribution in [2.24, 2.45) is 5.92 Å². The zero-order chi connectivity index (χ0) is 11.1. The fraction of sp³-hybridized carbons (Fsp3) is 0.538. The van der Waals surface area contributed by atoms with Crippen LogP contribution >= 0.6 is 11.6 Å². The molecule has 2 atom stereocenters. The highest BCUT2D eigenvalue weighted by Gasteiger charge is 2.38. The van der Waals surface area contributed by atoms with Crippen LogP contribution in [-0.2, 0) is 0 Å². The van der Waals surface area contributed by atoms with Crippen molar-refractivity contribution in [3.05, 3.63) is 28.8 Å². The molecule has 3 rings (SSSR count). The van der Waals surface area contributed by atoms with Crippen LogP contribution < -0.4 is 10.1 Å². The first-order valence-electron chi connectivity index (χ1n) is 5.91. The molecule has 3 heteroatoms. The van der Waals surface area contributed by atoms with Gasteiger partial charge in [0.1, 0.15) is 11.9 Å². The highest BCUT2D eigenvalue weighted by molar-refractivity contribution is 6.30. The van der Waals surface area contributed by atoms with E-state index in [-0.39, 0.29) is 0 Å². The first-order chi connectivity index (χ1) is 7.78. The van der Waals surface area contributed by atoms with Gasteiger partial charge < -0.3 is 10.1 Å². The number of hydrogen-bond donors (Lipinski definition) is 1. The Morgan fingerprint density at radius 1 is 1.38 bits per heavy atom. The molecule has 2 nitrogen and oxygen atoms in total. The van der Waals surface area contributed by atoms with Gasteiger partial charge in [-0.15, -0.1) is 0 Å². The fourth-order valence-corrected chi connectivity index (χ4v) is 2.68. The van der Waals surface area contributed by atoms with E-state index in [1.54, 1.807) is 0 Å². The van der Waals surface area contributed by atoms with E-state index >= 15 is 0 Å². The highest BCUT2D eigenvalue weighted by Crippen LogP contribution is 2.44. The highest BCUT2D eigenvalue weighted by atomic mass is 35.5. The van der Waals surface area contributed by atoms with Crippen molar-refractivity contribution in [1.29, 1.82) is 0 Å². The van der Waals surface area contributed by atoms with Crippen molar-refractivity contribution < 1.29 is 4.74 Å². The van der Waals surface area contributed by atoms with Crippen molar-refractivity contribution in [2.45, 2.75) is 31.4 Å². The molecule has 86 valence electrons. The summed E-state index contributed by atoms with van der Waals surface area (Å²) in [5.74, 6) is 1.78. The molecule has 0 aromatic heterocycles. The third kappa shape index (κ3) is 1.80. The van der Waals surface area contributed by atoms with Crippen LogP contribution in [0.25, 0.3) is 0 Å². The lowest BCUT2D eigenvalue weighted by atomic mass is 9.94. The van der Waals surface area contributed by atoms with Crippen LogP contribution in [0, 0.1) is 5.92 Å². The number of hydrogen-bond acceptors (Lipinski definition) is 2. The summed E-state index contributed by atoms with van der Waals surface area (Å²) in [5.41, 5.74) is 1.20. The minimum atomic E-state index is 0.382. The Morgan fingerprint density at radius 2 is 2.19 bits per heavy atom. The molecule has 1 heterocycles. The van der Waals surface area contributed by atoms with E-state index in [0.29, 0.717) is 12.1 Å². The van der Waals surface area contributed by atoms with Gasteiger partial charge in [0.15, 0.2) is 0 Å². The van der Waals surface area contributed by atoms with Crippen molar-refractivity contribution in [3.63, 3.8) is 0 Å². The quantitative estimate of drug-likeness (QED) is 0.853. The summed E-state index contributed by atoms with van der Waals surface area (Å²) in [6.07, 6.45) is 4.11. The van der Waals surface area contributed by atoms with Gasteiger partial charge in [0.05, 0.1) is 0 Å². The molecule has 1 fully saturated rings. The van der Waals surface area contributed by atoms with Crippen molar-refractivity contribution in [3.8, 4) is 5.75 Å². The SMILES string of the molecule is CNC1CC(C2CC2)Oc2ccc(Cl)cc21. The molecular weight excluding hydrogens is 222 g/mol. The second-order valence-corrected chi connectivity index (χ2v) is 5.19. The molecule has 1 aromatic rings. The number of benzene rings is 1. The summed E-state index contributed by atoms with van der Waals surface area (Å²) >= 11 is 6.03. The summed E-state index contributed by atoms with van der Waals surface area (Å²) in [5, 5.41) is 4.15. The van der Waals surface area contributed by atoms with E-state index in [0.717, 1.165) is 23.1 Å². The zero-order valence-electron chi connectivity index (χ0n) is 9.37. The molecule has 0 radical (unpaired) electrons. The van der Waals surface area contributed by atoms with Gasteiger partial charge in [-0.05, 0) is 44.0 Å². The zero-order valence-corrected chi connectivity index (χ0v) is 10.1. The lowest BCUT2D eigenvalue weighted by Gasteiger charge is -2.32. The third-order valence-corrected chi connectivity index (χ3v) is 3.82. The first-order valence-corrected chi connectivity index (χ1v) is 6.29. The van der Waals surface area contributed by atoms with Crippen LogP contribution in [0.5, 0.6) is 5.75 Å². The molecule has 1 aliphatic heterocycles. The van der Waals surface area contributed by atoms with Crippen molar-refractivity contribution in [2.75, 3.05) is 7.05 Å². The number of halogens is 1. The molecule has 1 saturated carbocycles. The Hall–Kier alpha value is -0.730. The molecule has 2 unspecified atom stereocenters. The van der Waals surface area contributed by atoms with Crippen LogP contribution in [-0.4, -0.2) is 13.2 Å². The lowest BCUT2D eigenvalue weighted by molar-refractivity contribution is 0.131. The van der Waals surface area contributed by atoms with Crippen molar-refractivity contribution >= 4 is 11.6 Å². The summed E-state index contributed by atoms with van der Waals surface area (Å²) in [4.78, 5) is 0. The Labute approximate surface area is 101 Å². The average Bonchev–Trinajstić information content (AvgIpc) is 3.11. The second-order valence-electron chi connectivity index (χ2n) is 4.75. The molecule has 0 bridgehead atoms. The fourth-order valence-electron chi connectivity index (χ4n) is 2.50. The Balaban J connectivity index is 1.93. The molecular formula is C13H16ClNO.